The Morgan fingerprint density at radius 1 is 1.12 bits per heavy atom. The van der Waals surface area contributed by atoms with E-state index in [4.69, 9.17) is 0 Å². The van der Waals surface area contributed by atoms with Gasteiger partial charge in [0.2, 0.25) is 0 Å². The summed E-state index contributed by atoms with van der Waals surface area (Å²) in [6, 6.07) is 13.9. The van der Waals surface area contributed by atoms with Gasteiger partial charge in [0.05, 0.1) is 6.54 Å². The van der Waals surface area contributed by atoms with Crippen LogP contribution in [0.25, 0.3) is 10.9 Å². The summed E-state index contributed by atoms with van der Waals surface area (Å²) in [7, 11) is 1.91. The maximum Gasteiger partial charge on any atom is 0.268 e. The maximum atomic E-state index is 12.9. The zero-order chi connectivity index (χ0) is 17.9. The summed E-state index contributed by atoms with van der Waals surface area (Å²) in [6.45, 7) is 1.00. The fourth-order valence-electron chi connectivity index (χ4n) is 3.06. The number of amides is 1. The van der Waals surface area contributed by atoms with Crippen molar-refractivity contribution in [3.63, 3.8) is 0 Å². The summed E-state index contributed by atoms with van der Waals surface area (Å²) in [5, 5.41) is 4.02. The van der Waals surface area contributed by atoms with Crippen LogP contribution in [-0.4, -0.2) is 25.0 Å². The molecule has 0 spiro atoms. The molecule has 1 amide bonds. The molecule has 0 aliphatic carbocycles. The molecule has 0 aliphatic rings. The van der Waals surface area contributed by atoms with Gasteiger partial charge in [-0.2, -0.15) is 0 Å². The lowest BCUT2D eigenvalue weighted by atomic mass is 10.2. The van der Waals surface area contributed by atoms with Crippen molar-refractivity contribution in [3.8, 4) is 0 Å². The van der Waals surface area contributed by atoms with Crippen molar-refractivity contribution in [2.75, 3.05) is 0 Å². The van der Waals surface area contributed by atoms with Gasteiger partial charge >= 0.3 is 0 Å². The fourth-order valence-corrected chi connectivity index (χ4v) is 3.06. The van der Waals surface area contributed by atoms with Gasteiger partial charge in [0, 0.05) is 49.3 Å². The molecule has 4 aromatic rings. The van der Waals surface area contributed by atoms with Crippen molar-refractivity contribution in [2.24, 2.45) is 7.05 Å². The lowest BCUT2D eigenvalue weighted by Gasteiger charge is -2.11. The Bertz CT molecular complexity index is 1050. The Labute approximate surface area is 151 Å². The Kier molecular flexibility index (Phi) is 4.23. The lowest BCUT2D eigenvalue weighted by molar-refractivity contribution is 0.0941. The monoisotopic (exact) mass is 345 g/mol. The molecule has 6 nitrogen and oxygen atoms in total. The van der Waals surface area contributed by atoms with Gasteiger partial charge in [0.15, 0.2) is 0 Å². The highest BCUT2D eigenvalue weighted by Crippen LogP contribution is 2.21. The lowest BCUT2D eigenvalue weighted by Crippen LogP contribution is -2.26. The zero-order valence-corrected chi connectivity index (χ0v) is 14.5. The van der Waals surface area contributed by atoms with E-state index in [1.807, 2.05) is 64.8 Å². The third kappa shape index (κ3) is 3.09. The van der Waals surface area contributed by atoms with E-state index < -0.39 is 0 Å². The van der Waals surface area contributed by atoms with Crippen LogP contribution in [-0.2, 0) is 20.1 Å². The highest BCUT2D eigenvalue weighted by molar-refractivity contribution is 5.98. The van der Waals surface area contributed by atoms with Gasteiger partial charge in [0.25, 0.3) is 5.91 Å². The van der Waals surface area contributed by atoms with Gasteiger partial charge in [-0.3, -0.25) is 9.78 Å². The number of carbonyl (C=O) groups excluding carboxylic acids is 1. The standard InChI is InChI=1S/C20H19N5O/c1-24-11-10-22-19(24)13-23-20(26)18-12-16-4-2-3-5-17(16)25(18)14-15-6-8-21-9-7-15/h2-12H,13-14H2,1H3,(H,23,26). The fraction of sp³-hybridized carbons (Fsp3) is 0.150. The Morgan fingerprint density at radius 2 is 1.92 bits per heavy atom. The molecule has 3 heterocycles. The second kappa shape index (κ2) is 6.84. The molecule has 1 aromatic carbocycles. The minimum absolute atomic E-state index is 0.113. The second-order valence-corrected chi connectivity index (χ2v) is 6.17. The maximum absolute atomic E-state index is 12.9. The highest BCUT2D eigenvalue weighted by atomic mass is 16.1. The summed E-state index contributed by atoms with van der Waals surface area (Å²) in [6.07, 6.45) is 7.12. The molecule has 4 rings (SSSR count). The largest absolute Gasteiger partial charge is 0.344 e. The van der Waals surface area contributed by atoms with Crippen molar-refractivity contribution >= 4 is 16.8 Å². The number of para-hydroxylation sites is 1. The number of aromatic nitrogens is 4. The van der Waals surface area contributed by atoms with E-state index >= 15 is 0 Å². The van der Waals surface area contributed by atoms with E-state index in [2.05, 4.69) is 15.3 Å². The molecule has 26 heavy (non-hydrogen) atoms. The van der Waals surface area contributed by atoms with Crippen LogP contribution in [0.2, 0.25) is 0 Å². The number of nitrogens with one attached hydrogen (secondary N) is 1. The molecule has 0 aliphatic heterocycles. The molecule has 0 saturated heterocycles. The summed E-state index contributed by atoms with van der Waals surface area (Å²) >= 11 is 0. The molecule has 0 atom stereocenters. The van der Waals surface area contributed by atoms with Gasteiger partial charge in [-0.25, -0.2) is 4.98 Å². The summed E-state index contributed by atoms with van der Waals surface area (Å²) < 4.78 is 3.94. The average Bonchev–Trinajstić information content (AvgIpc) is 3.24. The molecule has 0 bridgehead atoms. The number of aryl methyl sites for hydroxylation is 1. The molecule has 0 radical (unpaired) electrons. The third-order valence-corrected chi connectivity index (χ3v) is 4.46. The van der Waals surface area contributed by atoms with E-state index in [1.54, 1.807) is 18.6 Å². The van der Waals surface area contributed by atoms with E-state index in [9.17, 15) is 4.79 Å². The first-order valence-corrected chi connectivity index (χ1v) is 8.44. The van der Waals surface area contributed by atoms with Crippen LogP contribution in [0.1, 0.15) is 21.9 Å². The number of carbonyl (C=O) groups is 1. The molecule has 0 saturated carbocycles. The van der Waals surface area contributed by atoms with Crippen molar-refractivity contribution in [3.05, 3.63) is 84.3 Å². The van der Waals surface area contributed by atoms with Crippen LogP contribution in [0.5, 0.6) is 0 Å². The molecule has 1 N–H and O–H groups in total. The Morgan fingerprint density at radius 3 is 2.69 bits per heavy atom. The number of pyridine rings is 1. The number of benzene rings is 1. The van der Waals surface area contributed by atoms with Crippen molar-refractivity contribution in [2.45, 2.75) is 13.1 Å². The number of rotatable bonds is 5. The number of fused-ring (bicyclic) bond motifs is 1. The Balaban J connectivity index is 1.66. The molecule has 130 valence electrons. The zero-order valence-electron chi connectivity index (χ0n) is 14.5. The molecular formula is C20H19N5O. The summed E-state index contributed by atoms with van der Waals surface area (Å²) in [5.74, 6) is 0.702. The number of imidazole rings is 1. The van der Waals surface area contributed by atoms with Crippen LogP contribution < -0.4 is 5.32 Å². The van der Waals surface area contributed by atoms with E-state index in [0.29, 0.717) is 18.8 Å². The molecule has 0 fully saturated rings. The summed E-state index contributed by atoms with van der Waals surface area (Å²) in [4.78, 5) is 21.2. The Hall–Kier alpha value is -3.41. The van der Waals surface area contributed by atoms with Crippen LogP contribution in [0.4, 0.5) is 0 Å². The second-order valence-electron chi connectivity index (χ2n) is 6.17. The molecule has 6 heteroatoms. The van der Waals surface area contributed by atoms with Crippen LogP contribution in [0.3, 0.4) is 0 Å². The van der Waals surface area contributed by atoms with Crippen LogP contribution in [0, 0.1) is 0 Å². The minimum atomic E-state index is -0.113. The van der Waals surface area contributed by atoms with Gasteiger partial charge in [-0.05, 0) is 29.8 Å². The first-order chi connectivity index (χ1) is 12.7. The normalized spacial score (nSPS) is 11.0. The van der Waals surface area contributed by atoms with E-state index in [1.165, 1.54) is 0 Å². The summed E-state index contributed by atoms with van der Waals surface area (Å²) in [5.41, 5.74) is 2.77. The van der Waals surface area contributed by atoms with Gasteiger partial charge in [-0.1, -0.05) is 18.2 Å². The van der Waals surface area contributed by atoms with Gasteiger partial charge in [0.1, 0.15) is 11.5 Å². The SMILES string of the molecule is Cn1ccnc1CNC(=O)c1cc2ccccc2n1Cc1ccncc1. The van der Waals surface area contributed by atoms with Crippen molar-refractivity contribution < 1.29 is 4.79 Å². The van der Waals surface area contributed by atoms with Crippen molar-refractivity contribution in [1.82, 2.24) is 24.4 Å². The highest BCUT2D eigenvalue weighted by Gasteiger charge is 2.16. The first-order valence-electron chi connectivity index (χ1n) is 8.44. The number of nitrogens with zero attached hydrogens (tertiary/aromatic N) is 4. The predicted molar refractivity (Wildman–Crippen MR) is 99.7 cm³/mol. The topological polar surface area (TPSA) is 64.7 Å². The van der Waals surface area contributed by atoms with Crippen LogP contribution in [0.15, 0.2) is 67.3 Å². The van der Waals surface area contributed by atoms with E-state index in [-0.39, 0.29) is 5.91 Å². The quantitative estimate of drug-likeness (QED) is 0.605. The minimum Gasteiger partial charge on any atom is -0.344 e. The average molecular weight is 345 g/mol. The number of hydrogen-bond donors (Lipinski definition) is 1. The molecule has 3 aromatic heterocycles. The predicted octanol–water partition coefficient (Wildman–Crippen LogP) is 2.75. The smallest absolute Gasteiger partial charge is 0.268 e. The van der Waals surface area contributed by atoms with E-state index in [0.717, 1.165) is 22.3 Å². The number of hydrogen-bond acceptors (Lipinski definition) is 3. The first kappa shape index (κ1) is 16.1. The van der Waals surface area contributed by atoms with Gasteiger partial charge < -0.3 is 14.5 Å². The third-order valence-electron chi connectivity index (χ3n) is 4.46. The van der Waals surface area contributed by atoms with Gasteiger partial charge in [-0.15, -0.1) is 0 Å². The van der Waals surface area contributed by atoms with Crippen LogP contribution >= 0.6 is 0 Å². The molecule has 0 unspecified atom stereocenters. The molecular weight excluding hydrogens is 326 g/mol. The van der Waals surface area contributed by atoms with Crippen molar-refractivity contribution in [1.29, 1.82) is 0 Å².